The Morgan fingerprint density at radius 3 is 2.80 bits per heavy atom. The van der Waals surface area contributed by atoms with E-state index in [1.807, 2.05) is 0 Å². The second-order valence-corrected chi connectivity index (χ2v) is 2.72. The van der Waals surface area contributed by atoms with Crippen LogP contribution >= 0.6 is 0 Å². The van der Waals surface area contributed by atoms with Gasteiger partial charge in [-0.3, -0.25) is 4.79 Å². The summed E-state index contributed by atoms with van der Waals surface area (Å²) in [6.45, 7) is 0. The SMILES string of the molecule is COc1c(CC#N)c(C(F)F)c[nH]c1=O. The Hall–Kier alpha value is -1.90. The van der Waals surface area contributed by atoms with E-state index in [4.69, 9.17) is 10.00 Å². The van der Waals surface area contributed by atoms with Crippen molar-refractivity contribution in [3.63, 3.8) is 0 Å². The maximum absolute atomic E-state index is 12.5. The Morgan fingerprint density at radius 2 is 2.33 bits per heavy atom. The van der Waals surface area contributed by atoms with Gasteiger partial charge in [-0.1, -0.05) is 0 Å². The quantitative estimate of drug-likeness (QED) is 0.826. The van der Waals surface area contributed by atoms with Crippen LogP contribution in [-0.2, 0) is 6.42 Å². The molecule has 0 fully saturated rings. The lowest BCUT2D eigenvalue weighted by atomic mass is 10.1. The number of pyridine rings is 1. The van der Waals surface area contributed by atoms with Crippen molar-refractivity contribution < 1.29 is 13.5 Å². The summed E-state index contributed by atoms with van der Waals surface area (Å²) in [5.41, 5.74) is -1.06. The number of aromatic amines is 1. The zero-order valence-corrected chi connectivity index (χ0v) is 7.88. The van der Waals surface area contributed by atoms with Crippen LogP contribution in [0.15, 0.2) is 11.0 Å². The van der Waals surface area contributed by atoms with E-state index in [2.05, 4.69) is 4.98 Å². The molecule has 1 aromatic heterocycles. The van der Waals surface area contributed by atoms with E-state index in [0.29, 0.717) is 0 Å². The van der Waals surface area contributed by atoms with Crippen molar-refractivity contribution in [1.82, 2.24) is 4.98 Å². The molecule has 0 aliphatic carbocycles. The van der Waals surface area contributed by atoms with Gasteiger partial charge in [-0.25, -0.2) is 8.78 Å². The minimum Gasteiger partial charge on any atom is -0.491 e. The highest BCUT2D eigenvalue weighted by Crippen LogP contribution is 2.26. The fourth-order valence-electron chi connectivity index (χ4n) is 1.24. The average molecular weight is 214 g/mol. The average Bonchev–Trinajstić information content (AvgIpc) is 2.18. The lowest BCUT2D eigenvalue weighted by Crippen LogP contribution is -2.14. The number of rotatable bonds is 3. The minimum absolute atomic E-state index is 0.0567. The molecule has 1 rings (SSSR count). The summed E-state index contributed by atoms with van der Waals surface area (Å²) in [5.74, 6) is -0.227. The molecule has 0 radical (unpaired) electrons. The molecule has 0 amide bonds. The second kappa shape index (κ2) is 4.55. The molecule has 15 heavy (non-hydrogen) atoms. The van der Waals surface area contributed by atoms with Crippen molar-refractivity contribution in [3.05, 3.63) is 27.7 Å². The molecule has 80 valence electrons. The first-order valence-electron chi connectivity index (χ1n) is 4.05. The van der Waals surface area contributed by atoms with Crippen molar-refractivity contribution in [1.29, 1.82) is 5.26 Å². The molecule has 0 aromatic carbocycles. The molecule has 0 bridgehead atoms. The number of hydrogen-bond donors (Lipinski definition) is 1. The third-order valence-electron chi connectivity index (χ3n) is 1.88. The van der Waals surface area contributed by atoms with E-state index in [9.17, 15) is 13.6 Å². The Balaban J connectivity index is 3.43. The number of H-pyrrole nitrogens is 1. The molecule has 1 aromatic rings. The molecular weight excluding hydrogens is 206 g/mol. The predicted molar refractivity (Wildman–Crippen MR) is 47.9 cm³/mol. The van der Waals surface area contributed by atoms with E-state index < -0.39 is 12.0 Å². The molecule has 0 aliphatic rings. The fraction of sp³-hybridized carbons (Fsp3) is 0.333. The fourth-order valence-corrected chi connectivity index (χ4v) is 1.24. The number of nitrogens with zero attached hydrogens (tertiary/aromatic N) is 1. The molecule has 0 atom stereocenters. The van der Waals surface area contributed by atoms with Gasteiger partial charge in [-0.2, -0.15) is 5.26 Å². The number of ether oxygens (including phenoxy) is 1. The van der Waals surface area contributed by atoms with Gasteiger partial charge in [-0.05, 0) is 0 Å². The van der Waals surface area contributed by atoms with Gasteiger partial charge in [0.2, 0.25) is 0 Å². The predicted octanol–water partition coefficient (Wildman–Crippen LogP) is 1.39. The lowest BCUT2D eigenvalue weighted by Gasteiger charge is -2.09. The highest BCUT2D eigenvalue weighted by Gasteiger charge is 2.19. The van der Waals surface area contributed by atoms with Crippen LogP contribution in [0.3, 0.4) is 0 Å². The summed E-state index contributed by atoms with van der Waals surface area (Å²) < 4.78 is 29.7. The van der Waals surface area contributed by atoms with E-state index >= 15 is 0 Å². The Labute approximate surface area is 84.1 Å². The highest BCUT2D eigenvalue weighted by atomic mass is 19.3. The molecule has 0 unspecified atom stereocenters. The number of aromatic nitrogens is 1. The zero-order chi connectivity index (χ0) is 11.4. The molecule has 0 saturated heterocycles. The minimum atomic E-state index is -2.75. The number of methoxy groups -OCH3 is 1. The standard InChI is InChI=1S/C9H8F2N2O2/c1-15-7-5(2-3-12)6(8(10)11)4-13-9(7)14/h4,8H,2H2,1H3,(H,13,14). The normalized spacial score (nSPS) is 10.1. The van der Waals surface area contributed by atoms with Crippen LogP contribution in [0.2, 0.25) is 0 Å². The van der Waals surface area contributed by atoms with Crippen LogP contribution in [0.1, 0.15) is 17.6 Å². The van der Waals surface area contributed by atoms with Crippen molar-refractivity contribution in [2.24, 2.45) is 0 Å². The summed E-state index contributed by atoms with van der Waals surface area (Å²) in [7, 11) is 1.20. The van der Waals surface area contributed by atoms with Crippen LogP contribution in [0.4, 0.5) is 8.78 Å². The highest BCUT2D eigenvalue weighted by molar-refractivity contribution is 5.39. The number of halogens is 2. The van der Waals surface area contributed by atoms with Gasteiger partial charge in [0.15, 0.2) is 5.75 Å². The van der Waals surface area contributed by atoms with Crippen LogP contribution in [-0.4, -0.2) is 12.1 Å². The molecule has 4 nitrogen and oxygen atoms in total. The van der Waals surface area contributed by atoms with Crippen LogP contribution < -0.4 is 10.3 Å². The Kier molecular flexibility index (Phi) is 3.39. The van der Waals surface area contributed by atoms with E-state index in [-0.39, 0.29) is 23.3 Å². The monoisotopic (exact) mass is 214 g/mol. The number of hydrogen-bond acceptors (Lipinski definition) is 3. The number of nitriles is 1. The molecule has 6 heteroatoms. The van der Waals surface area contributed by atoms with Gasteiger partial charge >= 0.3 is 0 Å². The third-order valence-corrected chi connectivity index (χ3v) is 1.88. The summed E-state index contributed by atoms with van der Waals surface area (Å²) in [6, 6.07) is 1.72. The number of nitrogens with one attached hydrogen (secondary N) is 1. The smallest absolute Gasteiger partial charge is 0.290 e. The molecule has 1 N–H and O–H groups in total. The third kappa shape index (κ3) is 2.13. The van der Waals surface area contributed by atoms with Gasteiger partial charge in [0.1, 0.15) is 0 Å². The Bertz CT molecular complexity index is 448. The molecule has 0 spiro atoms. The Morgan fingerprint density at radius 1 is 1.67 bits per heavy atom. The zero-order valence-electron chi connectivity index (χ0n) is 7.88. The summed E-state index contributed by atoms with van der Waals surface area (Å²) in [4.78, 5) is 13.3. The van der Waals surface area contributed by atoms with Crippen molar-refractivity contribution in [3.8, 4) is 11.8 Å². The summed E-state index contributed by atoms with van der Waals surface area (Å²) in [5, 5.41) is 8.47. The summed E-state index contributed by atoms with van der Waals surface area (Å²) >= 11 is 0. The van der Waals surface area contributed by atoms with Crippen LogP contribution in [0.25, 0.3) is 0 Å². The summed E-state index contributed by atoms with van der Waals surface area (Å²) in [6.07, 6.45) is -2.13. The van der Waals surface area contributed by atoms with Gasteiger partial charge in [0.25, 0.3) is 12.0 Å². The molecule has 0 saturated carbocycles. The first-order chi connectivity index (χ1) is 7.11. The van der Waals surface area contributed by atoms with Gasteiger partial charge < -0.3 is 9.72 Å². The molecule has 1 heterocycles. The van der Waals surface area contributed by atoms with Crippen molar-refractivity contribution in [2.75, 3.05) is 7.11 Å². The largest absolute Gasteiger partial charge is 0.491 e. The molecule has 0 aliphatic heterocycles. The number of alkyl halides is 2. The van der Waals surface area contributed by atoms with E-state index in [1.165, 1.54) is 7.11 Å². The van der Waals surface area contributed by atoms with Gasteiger partial charge in [0.05, 0.1) is 19.6 Å². The van der Waals surface area contributed by atoms with Crippen LogP contribution in [0.5, 0.6) is 5.75 Å². The van der Waals surface area contributed by atoms with E-state index in [0.717, 1.165) is 6.20 Å². The van der Waals surface area contributed by atoms with Crippen LogP contribution in [0, 0.1) is 11.3 Å². The first-order valence-corrected chi connectivity index (χ1v) is 4.05. The van der Waals surface area contributed by atoms with Gasteiger partial charge in [0, 0.05) is 17.3 Å². The van der Waals surface area contributed by atoms with Crippen molar-refractivity contribution in [2.45, 2.75) is 12.8 Å². The topological polar surface area (TPSA) is 65.9 Å². The van der Waals surface area contributed by atoms with Crippen molar-refractivity contribution >= 4 is 0 Å². The first kappa shape index (κ1) is 11.2. The van der Waals surface area contributed by atoms with E-state index in [1.54, 1.807) is 6.07 Å². The second-order valence-electron chi connectivity index (χ2n) is 2.72. The maximum Gasteiger partial charge on any atom is 0.290 e. The maximum atomic E-state index is 12.5. The lowest BCUT2D eigenvalue weighted by molar-refractivity contribution is 0.149. The van der Waals surface area contributed by atoms with Gasteiger partial charge in [-0.15, -0.1) is 0 Å². The molecular formula is C9H8F2N2O2.